The Balaban J connectivity index is 1.16. The summed E-state index contributed by atoms with van der Waals surface area (Å²) in [5, 5.41) is 6.43. The van der Waals surface area contributed by atoms with E-state index in [1.807, 2.05) is 24.3 Å². The molecule has 0 bridgehead atoms. The third-order valence-corrected chi connectivity index (χ3v) is 9.81. The number of piperidine rings is 2. The fraction of sp³-hybridized carbons (Fsp3) is 0.485. The van der Waals surface area contributed by atoms with Gasteiger partial charge in [-0.25, -0.2) is 9.59 Å². The van der Waals surface area contributed by atoms with E-state index >= 15 is 0 Å². The zero-order valence-corrected chi connectivity index (χ0v) is 26.0. The molecule has 2 aromatic carbocycles. The summed E-state index contributed by atoms with van der Waals surface area (Å²) in [4.78, 5) is 45.8. The molecule has 238 valence electrons. The molecule has 3 fully saturated rings. The number of terminal acetylenes is 1. The van der Waals surface area contributed by atoms with Gasteiger partial charge in [0, 0.05) is 88.8 Å². The molecule has 1 atom stereocenters. The maximum absolute atomic E-state index is 14.0. The number of nitrogens with two attached hydrogens (primary N) is 1. The number of hydrogen-bond donors (Lipinski definition) is 3. The molecule has 1 spiro atoms. The molecule has 0 radical (unpaired) electrons. The number of amides is 3. The van der Waals surface area contributed by atoms with Crippen molar-refractivity contribution < 1.29 is 23.9 Å². The fourth-order valence-corrected chi connectivity index (χ4v) is 7.22. The highest BCUT2D eigenvalue weighted by Crippen LogP contribution is 2.43. The lowest BCUT2D eigenvalue weighted by molar-refractivity contribution is -0.142. The lowest BCUT2D eigenvalue weighted by atomic mass is 9.82. The largest absolute Gasteiger partial charge is 0.438 e. The number of ether oxygens (including phenoxy) is 2. The van der Waals surface area contributed by atoms with E-state index in [0.29, 0.717) is 67.6 Å². The molecular formula is C33H39ClN6O5. The molecule has 0 unspecified atom stereocenters. The number of fused-ring (bicyclic) bond motifs is 2. The van der Waals surface area contributed by atoms with Gasteiger partial charge >= 0.3 is 12.2 Å². The Morgan fingerprint density at radius 2 is 1.80 bits per heavy atom. The van der Waals surface area contributed by atoms with E-state index in [2.05, 4.69) is 21.5 Å². The average molecular weight is 635 g/mol. The summed E-state index contributed by atoms with van der Waals surface area (Å²) in [7, 11) is 0. The van der Waals surface area contributed by atoms with E-state index in [4.69, 9.17) is 33.2 Å². The Bertz CT molecular complexity index is 1490. The summed E-state index contributed by atoms with van der Waals surface area (Å²) in [5.41, 5.74) is 8.17. The third-order valence-electron chi connectivity index (χ3n) is 9.50. The number of hydrogen-bond acceptors (Lipinski definition) is 8. The van der Waals surface area contributed by atoms with Gasteiger partial charge in [0.05, 0.1) is 16.4 Å². The molecule has 4 heterocycles. The molecule has 4 aliphatic heterocycles. The minimum atomic E-state index is -1.08. The first-order chi connectivity index (χ1) is 21.8. The number of nitrogen functional groups attached to an aromatic ring is 1. The maximum atomic E-state index is 14.0. The first kappa shape index (κ1) is 31.0. The van der Waals surface area contributed by atoms with Crippen molar-refractivity contribution >= 4 is 41.1 Å². The lowest BCUT2D eigenvalue weighted by Gasteiger charge is -2.44. The van der Waals surface area contributed by atoms with Gasteiger partial charge in [-0.2, -0.15) is 0 Å². The second-order valence-corrected chi connectivity index (χ2v) is 12.6. The van der Waals surface area contributed by atoms with Gasteiger partial charge in [0.15, 0.2) is 6.10 Å². The lowest BCUT2D eigenvalue weighted by Crippen LogP contribution is -2.54. The van der Waals surface area contributed by atoms with Crippen molar-refractivity contribution in [2.24, 2.45) is 0 Å². The topological polar surface area (TPSA) is 129 Å². The van der Waals surface area contributed by atoms with Gasteiger partial charge in [0.25, 0.3) is 5.91 Å². The van der Waals surface area contributed by atoms with Crippen LogP contribution < -0.4 is 16.4 Å². The SMILES string of the molecule is C#Cc1cc(C[C@@H](OC(=O)N2CCC3(CC2)OC(=O)Nc2ccccc23)C(=O)N2CCC(N3CCNCC3)CC2)cc(Cl)c1N. The van der Waals surface area contributed by atoms with Gasteiger partial charge in [-0.05, 0) is 36.6 Å². The quantitative estimate of drug-likeness (QED) is 0.337. The summed E-state index contributed by atoms with van der Waals surface area (Å²) in [5.74, 6) is 2.30. The Morgan fingerprint density at radius 1 is 1.09 bits per heavy atom. The Kier molecular flexibility index (Phi) is 9.08. The number of nitrogens with zero attached hydrogens (tertiary/aromatic N) is 3. The van der Waals surface area contributed by atoms with Crippen molar-refractivity contribution in [3.05, 3.63) is 58.1 Å². The third kappa shape index (κ3) is 6.54. The van der Waals surface area contributed by atoms with Crippen LogP contribution in [0.5, 0.6) is 0 Å². The molecule has 45 heavy (non-hydrogen) atoms. The molecule has 2 aromatic rings. The van der Waals surface area contributed by atoms with E-state index in [-0.39, 0.29) is 17.4 Å². The average Bonchev–Trinajstić information content (AvgIpc) is 3.06. The minimum Gasteiger partial charge on any atom is -0.438 e. The van der Waals surface area contributed by atoms with Crippen LogP contribution in [0.25, 0.3) is 0 Å². The summed E-state index contributed by atoms with van der Waals surface area (Å²) < 4.78 is 11.8. The van der Waals surface area contributed by atoms with Crippen LogP contribution in [-0.4, -0.2) is 97.3 Å². The molecule has 3 saturated heterocycles. The van der Waals surface area contributed by atoms with Crippen molar-refractivity contribution in [1.29, 1.82) is 0 Å². The molecule has 12 heteroatoms. The summed E-state index contributed by atoms with van der Waals surface area (Å²) in [6.45, 7) is 5.74. The van der Waals surface area contributed by atoms with Gasteiger partial charge in [-0.15, -0.1) is 6.42 Å². The van der Waals surface area contributed by atoms with Crippen molar-refractivity contribution in [2.45, 2.75) is 49.9 Å². The highest BCUT2D eigenvalue weighted by molar-refractivity contribution is 6.33. The highest BCUT2D eigenvalue weighted by atomic mass is 35.5. The van der Waals surface area contributed by atoms with Crippen LogP contribution >= 0.6 is 11.6 Å². The standard InChI is InChI=1S/C33H39ClN6O5/c1-2-23-19-22(20-26(34)29(23)35)21-28(30(41)39-13-7-24(8-14-39)38-17-11-36-12-18-38)44-32(43)40-15-9-33(10-16-40)25-5-3-4-6-27(25)37-31(42)45-33/h1,3-6,19-20,24,28,36H,7-18,21,35H2,(H,37,42)/t28-/m1/s1. The van der Waals surface area contributed by atoms with Crippen molar-refractivity contribution in [2.75, 3.05) is 63.4 Å². The van der Waals surface area contributed by atoms with Crippen LogP contribution in [0.2, 0.25) is 5.02 Å². The molecule has 3 amide bonds. The van der Waals surface area contributed by atoms with Crippen LogP contribution in [0, 0.1) is 12.3 Å². The monoisotopic (exact) mass is 634 g/mol. The number of anilines is 2. The van der Waals surface area contributed by atoms with Crippen LogP contribution in [-0.2, 0) is 26.3 Å². The van der Waals surface area contributed by atoms with Gasteiger partial charge < -0.3 is 30.3 Å². The number of piperazine rings is 1. The second kappa shape index (κ2) is 13.2. The van der Waals surface area contributed by atoms with E-state index in [1.165, 1.54) is 0 Å². The molecule has 0 aliphatic carbocycles. The van der Waals surface area contributed by atoms with Crippen LogP contribution in [0.3, 0.4) is 0 Å². The zero-order valence-electron chi connectivity index (χ0n) is 25.2. The number of carbonyl (C=O) groups excluding carboxylic acids is 3. The van der Waals surface area contributed by atoms with E-state index in [9.17, 15) is 14.4 Å². The first-order valence-electron chi connectivity index (χ1n) is 15.6. The van der Waals surface area contributed by atoms with Gasteiger partial charge in [-0.1, -0.05) is 35.7 Å². The minimum absolute atomic E-state index is 0.103. The van der Waals surface area contributed by atoms with Crippen LogP contribution in [0.1, 0.15) is 42.4 Å². The van der Waals surface area contributed by atoms with E-state index in [1.54, 1.807) is 21.9 Å². The Morgan fingerprint density at radius 3 is 2.51 bits per heavy atom. The Labute approximate surface area is 268 Å². The molecule has 0 aromatic heterocycles. The predicted octanol–water partition coefficient (Wildman–Crippen LogP) is 3.40. The van der Waals surface area contributed by atoms with Crippen LogP contribution in [0.4, 0.5) is 21.0 Å². The van der Waals surface area contributed by atoms with Gasteiger partial charge in [0.2, 0.25) is 0 Å². The fourth-order valence-electron chi connectivity index (χ4n) is 6.98. The number of rotatable bonds is 5. The number of benzene rings is 2. The summed E-state index contributed by atoms with van der Waals surface area (Å²) in [6, 6.07) is 11.3. The number of carbonyl (C=O) groups is 3. The maximum Gasteiger partial charge on any atom is 0.412 e. The number of likely N-dealkylation sites (tertiary alicyclic amines) is 2. The summed E-state index contributed by atoms with van der Waals surface area (Å²) in [6.07, 6.45) is 6.12. The van der Waals surface area contributed by atoms with Gasteiger partial charge in [0.1, 0.15) is 5.60 Å². The molecule has 11 nitrogen and oxygen atoms in total. The van der Waals surface area contributed by atoms with Crippen molar-refractivity contribution in [3.63, 3.8) is 0 Å². The van der Waals surface area contributed by atoms with E-state index < -0.39 is 23.9 Å². The van der Waals surface area contributed by atoms with Crippen molar-refractivity contribution in [1.82, 2.24) is 20.0 Å². The highest BCUT2D eigenvalue weighted by Gasteiger charge is 2.46. The number of halogens is 1. The summed E-state index contributed by atoms with van der Waals surface area (Å²) >= 11 is 6.36. The smallest absolute Gasteiger partial charge is 0.412 e. The molecular weight excluding hydrogens is 596 g/mol. The molecule has 6 rings (SSSR count). The molecule has 4 aliphatic rings. The normalized spacial score (nSPS) is 20.8. The van der Waals surface area contributed by atoms with E-state index in [0.717, 1.165) is 44.6 Å². The molecule has 4 N–H and O–H groups in total. The first-order valence-corrected chi connectivity index (χ1v) is 16.0. The zero-order chi connectivity index (χ0) is 31.6. The predicted molar refractivity (Wildman–Crippen MR) is 171 cm³/mol. The van der Waals surface area contributed by atoms with Gasteiger partial charge in [-0.3, -0.25) is 15.0 Å². The van der Waals surface area contributed by atoms with Crippen molar-refractivity contribution in [3.8, 4) is 12.3 Å². The Hall–Kier alpha value is -3.98. The van der Waals surface area contributed by atoms with Crippen LogP contribution in [0.15, 0.2) is 36.4 Å². The second-order valence-electron chi connectivity index (χ2n) is 12.1. The number of nitrogens with one attached hydrogen (secondary N) is 2. The molecule has 0 saturated carbocycles. The number of para-hydroxylation sites is 1.